The SMILES string of the molecule is CCOc1ccc(-c2cn3c(CC(=O)Nc4cccc(OC)c4)csc3n2)cc1. The number of imidazole rings is 1. The number of ether oxygens (including phenoxy) is 2. The third-order valence-electron chi connectivity index (χ3n) is 4.44. The van der Waals surface area contributed by atoms with Crippen LogP contribution in [0.15, 0.2) is 60.1 Å². The van der Waals surface area contributed by atoms with Crippen molar-refractivity contribution >= 4 is 27.9 Å². The van der Waals surface area contributed by atoms with E-state index in [9.17, 15) is 4.79 Å². The fourth-order valence-corrected chi connectivity index (χ4v) is 3.93. The van der Waals surface area contributed by atoms with Crippen LogP contribution in [0, 0.1) is 0 Å². The zero-order valence-electron chi connectivity index (χ0n) is 16.2. The molecule has 0 unspecified atom stereocenters. The van der Waals surface area contributed by atoms with Crippen LogP contribution >= 0.6 is 11.3 Å². The van der Waals surface area contributed by atoms with Gasteiger partial charge in [-0.1, -0.05) is 6.07 Å². The first-order valence-electron chi connectivity index (χ1n) is 9.29. The number of hydrogen-bond donors (Lipinski definition) is 1. The quantitative estimate of drug-likeness (QED) is 0.484. The lowest BCUT2D eigenvalue weighted by atomic mass is 10.1. The third kappa shape index (κ3) is 4.25. The van der Waals surface area contributed by atoms with Crippen molar-refractivity contribution in [3.63, 3.8) is 0 Å². The molecule has 6 nitrogen and oxygen atoms in total. The molecule has 0 spiro atoms. The van der Waals surface area contributed by atoms with Gasteiger partial charge in [-0.25, -0.2) is 4.98 Å². The van der Waals surface area contributed by atoms with Gasteiger partial charge in [0.1, 0.15) is 11.5 Å². The molecule has 0 radical (unpaired) electrons. The maximum Gasteiger partial charge on any atom is 0.230 e. The predicted molar refractivity (Wildman–Crippen MR) is 115 cm³/mol. The lowest BCUT2D eigenvalue weighted by Gasteiger charge is -2.06. The van der Waals surface area contributed by atoms with Crippen LogP contribution in [0.2, 0.25) is 0 Å². The minimum atomic E-state index is -0.0886. The molecule has 1 N–H and O–H groups in total. The number of rotatable bonds is 7. The Morgan fingerprint density at radius 2 is 2.00 bits per heavy atom. The summed E-state index contributed by atoms with van der Waals surface area (Å²) < 4.78 is 12.7. The molecule has 0 aliphatic heterocycles. The van der Waals surface area contributed by atoms with E-state index < -0.39 is 0 Å². The number of nitrogens with zero attached hydrogens (tertiary/aromatic N) is 2. The molecule has 0 aliphatic rings. The second-order valence-corrected chi connectivity index (χ2v) is 7.26. The molecule has 29 heavy (non-hydrogen) atoms. The average molecular weight is 407 g/mol. The van der Waals surface area contributed by atoms with Crippen LogP contribution in [0.4, 0.5) is 5.69 Å². The highest BCUT2D eigenvalue weighted by Crippen LogP contribution is 2.26. The highest BCUT2D eigenvalue weighted by molar-refractivity contribution is 7.15. The number of aromatic nitrogens is 2. The maximum atomic E-state index is 12.5. The van der Waals surface area contributed by atoms with Crippen molar-refractivity contribution in [2.75, 3.05) is 19.0 Å². The van der Waals surface area contributed by atoms with E-state index >= 15 is 0 Å². The Kier molecular flexibility index (Phi) is 5.48. The van der Waals surface area contributed by atoms with Gasteiger partial charge in [-0.3, -0.25) is 9.20 Å². The maximum absolute atomic E-state index is 12.5. The zero-order chi connectivity index (χ0) is 20.2. The number of benzene rings is 2. The molecule has 0 atom stereocenters. The van der Waals surface area contributed by atoms with E-state index in [-0.39, 0.29) is 12.3 Å². The number of carbonyl (C=O) groups excluding carboxylic acids is 1. The number of methoxy groups -OCH3 is 1. The Hall–Kier alpha value is -3.32. The second-order valence-electron chi connectivity index (χ2n) is 6.42. The fourth-order valence-electron chi connectivity index (χ4n) is 3.05. The molecule has 0 bridgehead atoms. The van der Waals surface area contributed by atoms with E-state index in [0.717, 1.165) is 27.7 Å². The van der Waals surface area contributed by atoms with Crippen molar-refractivity contribution in [2.24, 2.45) is 0 Å². The van der Waals surface area contributed by atoms with E-state index in [1.807, 2.05) is 65.4 Å². The van der Waals surface area contributed by atoms with E-state index in [4.69, 9.17) is 9.47 Å². The lowest BCUT2D eigenvalue weighted by molar-refractivity contribution is -0.115. The van der Waals surface area contributed by atoms with Crippen LogP contribution in [-0.4, -0.2) is 29.0 Å². The van der Waals surface area contributed by atoms with Gasteiger partial charge in [-0.05, 0) is 43.3 Å². The van der Waals surface area contributed by atoms with Crippen LogP contribution in [0.5, 0.6) is 11.5 Å². The summed E-state index contributed by atoms with van der Waals surface area (Å²) in [6, 6.07) is 15.2. The van der Waals surface area contributed by atoms with Gasteiger partial charge in [-0.2, -0.15) is 0 Å². The summed E-state index contributed by atoms with van der Waals surface area (Å²) in [4.78, 5) is 18.0. The summed E-state index contributed by atoms with van der Waals surface area (Å²) in [7, 11) is 1.60. The number of fused-ring (bicyclic) bond motifs is 1. The first-order chi connectivity index (χ1) is 14.2. The monoisotopic (exact) mass is 407 g/mol. The fraction of sp³-hybridized carbons (Fsp3) is 0.182. The summed E-state index contributed by atoms with van der Waals surface area (Å²) >= 11 is 1.52. The molecule has 0 saturated carbocycles. The van der Waals surface area contributed by atoms with Gasteiger partial charge in [0.2, 0.25) is 5.91 Å². The minimum Gasteiger partial charge on any atom is -0.497 e. The summed E-state index contributed by atoms with van der Waals surface area (Å²) in [5.41, 5.74) is 3.49. The van der Waals surface area contributed by atoms with E-state index in [0.29, 0.717) is 18.0 Å². The molecule has 0 aliphatic carbocycles. The Labute approximate surface area is 172 Å². The van der Waals surface area contributed by atoms with Gasteiger partial charge in [0, 0.05) is 34.6 Å². The average Bonchev–Trinajstić information content (AvgIpc) is 3.31. The normalized spacial score (nSPS) is 10.8. The van der Waals surface area contributed by atoms with Gasteiger partial charge in [0.15, 0.2) is 4.96 Å². The van der Waals surface area contributed by atoms with Crippen molar-refractivity contribution in [3.05, 3.63) is 65.8 Å². The highest BCUT2D eigenvalue weighted by Gasteiger charge is 2.13. The van der Waals surface area contributed by atoms with Crippen molar-refractivity contribution in [2.45, 2.75) is 13.3 Å². The van der Waals surface area contributed by atoms with E-state index in [1.54, 1.807) is 13.2 Å². The van der Waals surface area contributed by atoms with Gasteiger partial charge >= 0.3 is 0 Å². The predicted octanol–water partition coefficient (Wildman–Crippen LogP) is 4.65. The molecule has 7 heteroatoms. The molecule has 0 fully saturated rings. The zero-order valence-corrected chi connectivity index (χ0v) is 17.0. The highest BCUT2D eigenvalue weighted by atomic mass is 32.1. The third-order valence-corrected chi connectivity index (χ3v) is 5.33. The molecule has 0 saturated heterocycles. The number of thiazole rings is 1. The Morgan fingerprint density at radius 3 is 2.76 bits per heavy atom. The topological polar surface area (TPSA) is 64.9 Å². The summed E-state index contributed by atoms with van der Waals surface area (Å²) in [5.74, 6) is 1.46. The van der Waals surface area contributed by atoms with Crippen molar-refractivity contribution in [1.82, 2.24) is 9.38 Å². The summed E-state index contributed by atoms with van der Waals surface area (Å²) in [5, 5.41) is 4.88. The largest absolute Gasteiger partial charge is 0.497 e. The number of hydrogen-bond acceptors (Lipinski definition) is 5. The van der Waals surface area contributed by atoms with Gasteiger partial charge in [-0.15, -0.1) is 11.3 Å². The van der Waals surface area contributed by atoms with Crippen molar-refractivity contribution in [3.8, 4) is 22.8 Å². The van der Waals surface area contributed by atoms with Gasteiger partial charge in [0.25, 0.3) is 0 Å². The van der Waals surface area contributed by atoms with Gasteiger partial charge in [0.05, 0.1) is 25.8 Å². The van der Waals surface area contributed by atoms with Crippen LogP contribution < -0.4 is 14.8 Å². The molecule has 2 aromatic carbocycles. The molecule has 148 valence electrons. The summed E-state index contributed by atoms with van der Waals surface area (Å²) in [6.45, 7) is 2.60. The molecule has 2 aromatic heterocycles. The minimum absolute atomic E-state index is 0.0886. The van der Waals surface area contributed by atoms with Crippen LogP contribution in [0.25, 0.3) is 16.2 Å². The molecule has 2 heterocycles. The van der Waals surface area contributed by atoms with Crippen LogP contribution in [-0.2, 0) is 11.2 Å². The van der Waals surface area contributed by atoms with E-state index in [1.165, 1.54) is 11.3 Å². The number of carbonyl (C=O) groups is 1. The van der Waals surface area contributed by atoms with E-state index in [2.05, 4.69) is 10.3 Å². The molecular formula is C22H21N3O3S. The van der Waals surface area contributed by atoms with Crippen molar-refractivity contribution < 1.29 is 14.3 Å². The smallest absolute Gasteiger partial charge is 0.230 e. The summed E-state index contributed by atoms with van der Waals surface area (Å²) in [6.07, 6.45) is 2.23. The number of amides is 1. The first kappa shape index (κ1) is 19.0. The molecular weight excluding hydrogens is 386 g/mol. The van der Waals surface area contributed by atoms with Crippen molar-refractivity contribution in [1.29, 1.82) is 0 Å². The molecule has 4 rings (SSSR count). The molecule has 4 aromatic rings. The lowest BCUT2D eigenvalue weighted by Crippen LogP contribution is -2.15. The Morgan fingerprint density at radius 1 is 1.17 bits per heavy atom. The van der Waals surface area contributed by atoms with Gasteiger partial charge < -0.3 is 14.8 Å². The first-order valence-corrected chi connectivity index (χ1v) is 10.2. The standard InChI is InChI=1S/C22H21N3O3S/c1-3-28-18-9-7-15(8-10-18)20-13-25-17(14-29-22(25)24-20)12-21(26)23-16-5-4-6-19(11-16)27-2/h4-11,13-14H,3,12H2,1-2H3,(H,23,26). The Balaban J connectivity index is 1.50. The Bertz CT molecular complexity index is 1130. The number of anilines is 1. The second kappa shape index (κ2) is 8.36. The molecule has 1 amide bonds. The van der Waals surface area contributed by atoms with Crippen LogP contribution in [0.1, 0.15) is 12.6 Å². The van der Waals surface area contributed by atoms with Crippen LogP contribution in [0.3, 0.4) is 0 Å². The number of nitrogens with one attached hydrogen (secondary N) is 1.